The van der Waals surface area contributed by atoms with E-state index in [1.165, 1.54) is 0 Å². The Bertz CT molecular complexity index is 362. The summed E-state index contributed by atoms with van der Waals surface area (Å²) in [5.41, 5.74) is 0.0969. The lowest BCUT2D eigenvalue weighted by atomic mass is 9.85. The Balaban J connectivity index is 2.39. The van der Waals surface area contributed by atoms with Crippen LogP contribution in [0.4, 0.5) is 0 Å². The molecule has 1 unspecified atom stereocenters. The molecule has 1 rings (SSSR count). The van der Waals surface area contributed by atoms with E-state index in [-0.39, 0.29) is 5.41 Å². The van der Waals surface area contributed by atoms with E-state index >= 15 is 0 Å². The zero-order valence-electron chi connectivity index (χ0n) is 11.8. The molecule has 1 N–H and O–H groups in total. The highest BCUT2D eigenvalue weighted by molar-refractivity contribution is 4.98. The molecule has 0 aromatic carbocycles. The molecule has 0 aliphatic rings. The predicted molar refractivity (Wildman–Crippen MR) is 74.6 cm³/mol. The standard InChI is InChI=1S/C14H25N3O/c1-5-14(2,12-15-9-11-18-4)7-6-13-16-8-10-17(13)3/h5,8,10,15H,1,6-7,9,11-12H2,2-4H3. The van der Waals surface area contributed by atoms with E-state index in [2.05, 4.69) is 28.4 Å². The number of nitrogens with one attached hydrogen (secondary N) is 1. The van der Waals surface area contributed by atoms with Gasteiger partial charge in [-0.3, -0.25) is 0 Å². The lowest BCUT2D eigenvalue weighted by molar-refractivity contribution is 0.195. The normalized spacial score (nSPS) is 14.4. The van der Waals surface area contributed by atoms with E-state index in [0.29, 0.717) is 0 Å². The summed E-state index contributed by atoms with van der Waals surface area (Å²) in [6, 6.07) is 0. The van der Waals surface area contributed by atoms with Gasteiger partial charge in [0.15, 0.2) is 0 Å². The lowest BCUT2D eigenvalue weighted by Crippen LogP contribution is -2.32. The number of nitrogens with zero attached hydrogens (tertiary/aromatic N) is 2. The molecule has 1 heterocycles. The molecule has 1 aromatic heterocycles. The minimum absolute atomic E-state index is 0.0969. The maximum atomic E-state index is 5.02. The summed E-state index contributed by atoms with van der Waals surface area (Å²) < 4.78 is 7.09. The highest BCUT2D eigenvalue weighted by Gasteiger charge is 2.20. The third kappa shape index (κ3) is 4.63. The number of rotatable bonds is 9. The Morgan fingerprint density at radius 1 is 1.61 bits per heavy atom. The summed E-state index contributed by atoms with van der Waals surface area (Å²) >= 11 is 0. The van der Waals surface area contributed by atoms with Crippen LogP contribution in [0.15, 0.2) is 25.0 Å². The largest absolute Gasteiger partial charge is 0.383 e. The predicted octanol–water partition coefficient (Wildman–Crippen LogP) is 1.78. The van der Waals surface area contributed by atoms with Crippen LogP contribution in [0.2, 0.25) is 0 Å². The smallest absolute Gasteiger partial charge is 0.108 e. The van der Waals surface area contributed by atoms with Gasteiger partial charge in [0.1, 0.15) is 5.82 Å². The Hall–Kier alpha value is -1.13. The summed E-state index contributed by atoms with van der Waals surface area (Å²) in [7, 11) is 3.75. The molecule has 0 saturated carbocycles. The van der Waals surface area contributed by atoms with Crippen molar-refractivity contribution in [1.29, 1.82) is 0 Å². The Morgan fingerprint density at radius 3 is 2.94 bits per heavy atom. The molecule has 0 aliphatic carbocycles. The Morgan fingerprint density at radius 2 is 2.39 bits per heavy atom. The summed E-state index contributed by atoms with van der Waals surface area (Å²) in [6.45, 7) is 8.72. The molecule has 4 heteroatoms. The van der Waals surface area contributed by atoms with Crippen molar-refractivity contribution >= 4 is 0 Å². The van der Waals surface area contributed by atoms with Crippen LogP contribution in [0.1, 0.15) is 19.2 Å². The molecule has 4 nitrogen and oxygen atoms in total. The van der Waals surface area contributed by atoms with E-state index in [4.69, 9.17) is 4.74 Å². The molecular weight excluding hydrogens is 226 g/mol. The fourth-order valence-electron chi connectivity index (χ4n) is 1.85. The van der Waals surface area contributed by atoms with Crippen molar-refractivity contribution in [2.75, 3.05) is 26.8 Å². The third-order valence-corrected chi connectivity index (χ3v) is 3.35. The van der Waals surface area contributed by atoms with Gasteiger partial charge in [0.05, 0.1) is 6.61 Å². The first-order valence-corrected chi connectivity index (χ1v) is 6.41. The Labute approximate surface area is 110 Å². The second kappa shape index (κ2) is 7.34. The number of hydrogen-bond acceptors (Lipinski definition) is 3. The van der Waals surface area contributed by atoms with Crippen LogP contribution in [0.5, 0.6) is 0 Å². The topological polar surface area (TPSA) is 39.1 Å². The first kappa shape index (κ1) is 14.9. The number of aromatic nitrogens is 2. The van der Waals surface area contributed by atoms with Crippen LogP contribution in [0, 0.1) is 5.41 Å². The molecular formula is C14H25N3O. The van der Waals surface area contributed by atoms with Gasteiger partial charge in [-0.15, -0.1) is 6.58 Å². The van der Waals surface area contributed by atoms with Crippen molar-refractivity contribution in [3.63, 3.8) is 0 Å². The number of methoxy groups -OCH3 is 1. The summed E-state index contributed by atoms with van der Waals surface area (Å²) in [6.07, 6.45) is 7.88. The molecule has 0 aliphatic heterocycles. The highest BCUT2D eigenvalue weighted by Crippen LogP contribution is 2.23. The molecule has 102 valence electrons. The SMILES string of the molecule is C=CC(C)(CCc1nccn1C)CNCCOC. The van der Waals surface area contributed by atoms with Gasteiger partial charge in [-0.25, -0.2) is 4.98 Å². The van der Waals surface area contributed by atoms with Crippen LogP contribution in [0.3, 0.4) is 0 Å². The molecule has 0 amide bonds. The molecule has 1 atom stereocenters. The molecule has 0 saturated heterocycles. The average Bonchev–Trinajstić information content (AvgIpc) is 2.78. The van der Waals surface area contributed by atoms with Gasteiger partial charge >= 0.3 is 0 Å². The number of aryl methyl sites for hydroxylation is 2. The highest BCUT2D eigenvalue weighted by atomic mass is 16.5. The van der Waals surface area contributed by atoms with E-state index in [9.17, 15) is 0 Å². The van der Waals surface area contributed by atoms with Crippen LogP contribution in [-0.4, -0.2) is 36.4 Å². The maximum absolute atomic E-state index is 5.02. The van der Waals surface area contributed by atoms with E-state index in [1.54, 1.807) is 7.11 Å². The number of hydrogen-bond donors (Lipinski definition) is 1. The molecule has 1 aromatic rings. The third-order valence-electron chi connectivity index (χ3n) is 3.35. The monoisotopic (exact) mass is 251 g/mol. The van der Waals surface area contributed by atoms with Crippen LogP contribution in [0.25, 0.3) is 0 Å². The fourth-order valence-corrected chi connectivity index (χ4v) is 1.85. The molecule has 0 fully saturated rings. The van der Waals surface area contributed by atoms with E-state index in [1.807, 2.05) is 25.5 Å². The zero-order chi connectivity index (χ0) is 13.4. The summed E-state index contributed by atoms with van der Waals surface area (Å²) in [5.74, 6) is 1.12. The maximum Gasteiger partial charge on any atom is 0.108 e. The minimum atomic E-state index is 0.0969. The second-order valence-electron chi connectivity index (χ2n) is 4.98. The van der Waals surface area contributed by atoms with Gasteiger partial charge in [0.2, 0.25) is 0 Å². The summed E-state index contributed by atoms with van der Waals surface area (Å²) in [4.78, 5) is 4.35. The molecule has 0 bridgehead atoms. The van der Waals surface area contributed by atoms with Crippen molar-refractivity contribution < 1.29 is 4.74 Å². The van der Waals surface area contributed by atoms with Crippen molar-refractivity contribution in [2.24, 2.45) is 12.5 Å². The van der Waals surface area contributed by atoms with Gasteiger partial charge in [0, 0.05) is 46.1 Å². The summed E-state index contributed by atoms with van der Waals surface area (Å²) in [5, 5.41) is 3.40. The first-order valence-electron chi connectivity index (χ1n) is 6.41. The Kier molecular flexibility index (Phi) is 6.09. The van der Waals surface area contributed by atoms with Crippen molar-refractivity contribution in [2.45, 2.75) is 19.8 Å². The fraction of sp³-hybridized carbons (Fsp3) is 0.643. The first-order chi connectivity index (χ1) is 8.61. The second-order valence-corrected chi connectivity index (χ2v) is 4.98. The van der Waals surface area contributed by atoms with Crippen molar-refractivity contribution in [3.05, 3.63) is 30.9 Å². The van der Waals surface area contributed by atoms with Crippen LogP contribution >= 0.6 is 0 Å². The van der Waals surface area contributed by atoms with E-state index in [0.717, 1.165) is 38.4 Å². The zero-order valence-corrected chi connectivity index (χ0v) is 11.8. The number of ether oxygens (including phenoxy) is 1. The van der Waals surface area contributed by atoms with Gasteiger partial charge in [0.25, 0.3) is 0 Å². The number of imidazole rings is 1. The van der Waals surface area contributed by atoms with E-state index < -0.39 is 0 Å². The van der Waals surface area contributed by atoms with Crippen LogP contribution < -0.4 is 5.32 Å². The van der Waals surface area contributed by atoms with Gasteiger partial charge < -0.3 is 14.6 Å². The molecule has 0 radical (unpaired) electrons. The van der Waals surface area contributed by atoms with Gasteiger partial charge in [-0.05, 0) is 11.8 Å². The van der Waals surface area contributed by atoms with Gasteiger partial charge in [-0.2, -0.15) is 0 Å². The van der Waals surface area contributed by atoms with Gasteiger partial charge in [-0.1, -0.05) is 13.0 Å². The van der Waals surface area contributed by atoms with Crippen molar-refractivity contribution in [3.8, 4) is 0 Å². The lowest BCUT2D eigenvalue weighted by Gasteiger charge is -2.26. The van der Waals surface area contributed by atoms with Crippen LogP contribution in [-0.2, 0) is 18.2 Å². The molecule has 0 spiro atoms. The molecule has 18 heavy (non-hydrogen) atoms. The average molecular weight is 251 g/mol. The quantitative estimate of drug-likeness (QED) is 0.537. The van der Waals surface area contributed by atoms with Crippen molar-refractivity contribution in [1.82, 2.24) is 14.9 Å². The minimum Gasteiger partial charge on any atom is -0.383 e.